The van der Waals surface area contributed by atoms with Gasteiger partial charge in [0.05, 0.1) is 0 Å². The highest BCUT2D eigenvalue weighted by Crippen LogP contribution is 2.40. The highest BCUT2D eigenvalue weighted by Gasteiger charge is 2.29. The average Bonchev–Trinajstić information content (AvgIpc) is 1.56. The Hall–Kier alpha value is -0.260. The molecule has 0 aromatic carbocycles. The molecule has 0 fully saturated rings. The van der Waals surface area contributed by atoms with E-state index >= 15 is 0 Å². The molecule has 1 atom stereocenters. The Bertz CT molecular complexity index is 149. The second-order valence-corrected chi connectivity index (χ2v) is 4.45. The van der Waals surface area contributed by atoms with Gasteiger partial charge in [-0.3, -0.25) is 0 Å². The summed E-state index contributed by atoms with van der Waals surface area (Å²) in [5.41, 5.74) is 0.333. The maximum atomic E-state index is 5.97. The van der Waals surface area contributed by atoms with Gasteiger partial charge in [-0.05, 0) is 30.6 Å². The summed E-state index contributed by atoms with van der Waals surface area (Å²) in [6.45, 7) is 12.6. The first kappa shape index (κ1) is 7.84. The van der Waals surface area contributed by atoms with E-state index in [-0.39, 0.29) is 5.41 Å². The lowest BCUT2D eigenvalue weighted by Gasteiger charge is -2.35. The van der Waals surface area contributed by atoms with Gasteiger partial charge < -0.3 is 0 Å². The molecule has 1 rings (SSSR count). The Kier molecular flexibility index (Phi) is 1.66. The average molecular weight is 136 g/mol. The summed E-state index contributed by atoms with van der Waals surface area (Å²) in [6, 6.07) is 0. The molecule has 0 saturated heterocycles. The SMILES string of the molecule is [CH]C1(C)C=CCC(C)(C)C1. The summed E-state index contributed by atoms with van der Waals surface area (Å²) in [5, 5.41) is 0. The molecule has 56 valence electrons. The highest BCUT2D eigenvalue weighted by molar-refractivity contribution is 5.07. The van der Waals surface area contributed by atoms with Crippen molar-refractivity contribution in [3.05, 3.63) is 19.1 Å². The number of allylic oxidation sites excluding steroid dienone is 2. The summed E-state index contributed by atoms with van der Waals surface area (Å²) in [4.78, 5) is 0. The third-order valence-corrected chi connectivity index (χ3v) is 2.03. The molecule has 0 aliphatic heterocycles. The highest BCUT2D eigenvalue weighted by atomic mass is 14.3. The molecule has 0 N–H and O–H groups in total. The zero-order valence-corrected chi connectivity index (χ0v) is 7.15. The van der Waals surface area contributed by atoms with Crippen LogP contribution in [0.25, 0.3) is 0 Å². The Balaban J connectivity index is 2.73. The van der Waals surface area contributed by atoms with E-state index in [1.807, 2.05) is 0 Å². The Labute approximate surface area is 64.3 Å². The Morgan fingerprint density at radius 2 is 1.90 bits per heavy atom. The van der Waals surface area contributed by atoms with Gasteiger partial charge in [0.1, 0.15) is 0 Å². The molecule has 0 heteroatoms. The van der Waals surface area contributed by atoms with Crippen LogP contribution in [-0.4, -0.2) is 0 Å². The lowest BCUT2D eigenvalue weighted by molar-refractivity contribution is 0.243. The van der Waals surface area contributed by atoms with Gasteiger partial charge in [0, 0.05) is 0 Å². The van der Waals surface area contributed by atoms with Crippen LogP contribution in [0.5, 0.6) is 0 Å². The van der Waals surface area contributed by atoms with Gasteiger partial charge in [-0.15, -0.1) is 0 Å². The van der Waals surface area contributed by atoms with E-state index in [0.29, 0.717) is 5.41 Å². The fraction of sp³-hybridized carbons (Fsp3) is 0.700. The minimum Gasteiger partial charge on any atom is -0.0874 e. The van der Waals surface area contributed by atoms with Crippen LogP contribution in [0.15, 0.2) is 12.2 Å². The maximum Gasteiger partial charge on any atom is -0.0107 e. The van der Waals surface area contributed by atoms with Crippen molar-refractivity contribution >= 4 is 0 Å². The summed E-state index contributed by atoms with van der Waals surface area (Å²) in [7, 11) is 0. The first-order chi connectivity index (χ1) is 4.41. The van der Waals surface area contributed by atoms with Gasteiger partial charge >= 0.3 is 0 Å². The fourth-order valence-corrected chi connectivity index (χ4v) is 1.81. The van der Waals surface area contributed by atoms with E-state index in [1.165, 1.54) is 6.42 Å². The van der Waals surface area contributed by atoms with Crippen molar-refractivity contribution in [3.8, 4) is 0 Å². The first-order valence-electron chi connectivity index (χ1n) is 3.88. The molecular weight excluding hydrogens is 120 g/mol. The van der Waals surface area contributed by atoms with E-state index in [0.717, 1.165) is 6.42 Å². The van der Waals surface area contributed by atoms with Crippen molar-refractivity contribution < 1.29 is 0 Å². The van der Waals surface area contributed by atoms with Crippen LogP contribution in [0.2, 0.25) is 0 Å². The standard InChI is InChI=1S/C10H16/c1-9(2)6-5-7-10(3,4)8-9/h1,5-6H,7-8H2,2-4H3. The fourth-order valence-electron chi connectivity index (χ4n) is 1.81. The summed E-state index contributed by atoms with van der Waals surface area (Å²) >= 11 is 0. The van der Waals surface area contributed by atoms with Crippen LogP contribution < -0.4 is 0 Å². The van der Waals surface area contributed by atoms with Crippen molar-refractivity contribution in [1.82, 2.24) is 0 Å². The molecule has 1 unspecified atom stereocenters. The monoisotopic (exact) mass is 136 g/mol. The van der Waals surface area contributed by atoms with Crippen LogP contribution in [0, 0.1) is 17.8 Å². The van der Waals surface area contributed by atoms with Crippen LogP contribution in [0.3, 0.4) is 0 Å². The van der Waals surface area contributed by atoms with Crippen LogP contribution in [0.4, 0.5) is 0 Å². The van der Waals surface area contributed by atoms with Gasteiger partial charge in [-0.2, -0.15) is 0 Å². The molecule has 2 radical (unpaired) electrons. The van der Waals surface area contributed by atoms with Gasteiger partial charge in [0.25, 0.3) is 0 Å². The topological polar surface area (TPSA) is 0 Å². The lowest BCUT2D eigenvalue weighted by Crippen LogP contribution is -2.24. The molecular formula is C10H16. The molecule has 1 aliphatic rings. The molecule has 0 bridgehead atoms. The van der Waals surface area contributed by atoms with E-state index in [1.54, 1.807) is 0 Å². The van der Waals surface area contributed by atoms with E-state index < -0.39 is 0 Å². The van der Waals surface area contributed by atoms with Crippen molar-refractivity contribution in [1.29, 1.82) is 0 Å². The first-order valence-corrected chi connectivity index (χ1v) is 3.88. The predicted octanol–water partition coefficient (Wildman–Crippen LogP) is 3.08. The zero-order valence-electron chi connectivity index (χ0n) is 7.15. The third kappa shape index (κ3) is 1.86. The number of hydrogen-bond acceptors (Lipinski definition) is 0. The zero-order chi connectivity index (χ0) is 7.83. The molecule has 0 saturated carbocycles. The second-order valence-electron chi connectivity index (χ2n) is 4.45. The molecule has 0 heterocycles. The van der Waals surface area contributed by atoms with Crippen LogP contribution >= 0.6 is 0 Å². The molecule has 1 aliphatic carbocycles. The predicted molar refractivity (Wildman–Crippen MR) is 44.6 cm³/mol. The Morgan fingerprint density at radius 1 is 1.30 bits per heavy atom. The van der Waals surface area contributed by atoms with Crippen LogP contribution in [0.1, 0.15) is 33.6 Å². The molecule has 0 aromatic heterocycles. The van der Waals surface area contributed by atoms with Gasteiger partial charge in [0.2, 0.25) is 0 Å². The van der Waals surface area contributed by atoms with Crippen molar-refractivity contribution in [3.63, 3.8) is 0 Å². The minimum atomic E-state index is -0.0677. The van der Waals surface area contributed by atoms with Gasteiger partial charge in [0.15, 0.2) is 0 Å². The van der Waals surface area contributed by atoms with E-state index in [9.17, 15) is 0 Å². The van der Waals surface area contributed by atoms with Crippen LogP contribution in [-0.2, 0) is 0 Å². The van der Waals surface area contributed by atoms with Gasteiger partial charge in [-0.1, -0.05) is 32.9 Å². The van der Waals surface area contributed by atoms with E-state index in [4.69, 9.17) is 6.92 Å². The third-order valence-electron chi connectivity index (χ3n) is 2.03. The minimum absolute atomic E-state index is 0.0677. The number of hydrogen-bond donors (Lipinski definition) is 0. The van der Waals surface area contributed by atoms with Gasteiger partial charge in [-0.25, -0.2) is 0 Å². The lowest BCUT2D eigenvalue weighted by atomic mass is 9.69. The Morgan fingerprint density at radius 3 is 2.20 bits per heavy atom. The molecule has 0 nitrogen and oxygen atoms in total. The normalized spacial score (nSPS) is 28.4. The molecule has 0 spiro atoms. The summed E-state index contributed by atoms with van der Waals surface area (Å²) in [5.74, 6) is 0. The number of rotatable bonds is 0. The quantitative estimate of drug-likeness (QED) is 0.449. The largest absolute Gasteiger partial charge is 0.0874 e. The molecule has 0 aromatic rings. The molecule has 0 amide bonds. The molecule has 10 heavy (non-hydrogen) atoms. The van der Waals surface area contributed by atoms with E-state index in [2.05, 4.69) is 32.9 Å². The smallest absolute Gasteiger partial charge is 0.0107 e. The maximum absolute atomic E-state index is 5.97. The van der Waals surface area contributed by atoms with Crippen molar-refractivity contribution in [2.45, 2.75) is 33.6 Å². The van der Waals surface area contributed by atoms with Crippen molar-refractivity contribution in [2.75, 3.05) is 0 Å². The summed E-state index contributed by atoms with van der Waals surface area (Å²) < 4.78 is 0. The summed E-state index contributed by atoms with van der Waals surface area (Å²) in [6.07, 6.45) is 6.58. The van der Waals surface area contributed by atoms with Crippen molar-refractivity contribution in [2.24, 2.45) is 10.8 Å². The second kappa shape index (κ2) is 2.11.